The van der Waals surface area contributed by atoms with Crippen molar-refractivity contribution in [2.24, 2.45) is 16.7 Å². The highest BCUT2D eigenvalue weighted by Gasteiger charge is 2.59. The first kappa shape index (κ1) is 20.7. The zero-order valence-corrected chi connectivity index (χ0v) is 18.8. The van der Waals surface area contributed by atoms with E-state index in [1.54, 1.807) is 0 Å². The molecule has 3 saturated carbocycles. The molecule has 0 aromatic carbocycles. The number of H-pyrrole nitrogens is 1. The zero-order valence-electron chi connectivity index (χ0n) is 18.8. The standard InChI is InChI=1S/C22H27F3N8O/c23-22(24,25)18-26-12-27-33(18)7-13-3-20(4-13)8-31(9-20)19(34)32-10-21(11-32)5-15(6-21)17-28-16(29-30-17)14-1-2-14/h12-15H,1-11H2,(H,28,29,30). The van der Waals surface area contributed by atoms with E-state index in [1.807, 2.05) is 9.80 Å². The molecule has 2 spiro atoms. The van der Waals surface area contributed by atoms with Crippen molar-refractivity contribution in [1.29, 1.82) is 0 Å². The van der Waals surface area contributed by atoms with E-state index in [2.05, 4.69) is 25.3 Å². The number of rotatable bonds is 4. The van der Waals surface area contributed by atoms with E-state index in [-0.39, 0.29) is 29.3 Å². The molecule has 34 heavy (non-hydrogen) atoms. The SMILES string of the molecule is O=C(N1CC2(CC(Cn3ncnc3C(F)(F)F)C2)C1)N1CC2(CC(c3n[nH]c(C4CC4)n3)C2)C1. The van der Waals surface area contributed by atoms with Gasteiger partial charge in [0.1, 0.15) is 12.2 Å². The van der Waals surface area contributed by atoms with Crippen molar-refractivity contribution in [3.8, 4) is 0 Å². The van der Waals surface area contributed by atoms with Crippen molar-refractivity contribution in [3.63, 3.8) is 0 Å². The van der Waals surface area contributed by atoms with Crippen LogP contribution in [0.4, 0.5) is 18.0 Å². The number of likely N-dealkylation sites (tertiary alicyclic amines) is 2. The lowest BCUT2D eigenvalue weighted by Gasteiger charge is -2.63. The summed E-state index contributed by atoms with van der Waals surface area (Å²) in [7, 11) is 0. The fraction of sp³-hybridized carbons (Fsp3) is 0.773. The van der Waals surface area contributed by atoms with Gasteiger partial charge in [0, 0.05) is 55.4 Å². The summed E-state index contributed by atoms with van der Waals surface area (Å²) < 4.78 is 39.9. The van der Waals surface area contributed by atoms with Crippen molar-refractivity contribution >= 4 is 6.03 Å². The maximum Gasteiger partial charge on any atom is 0.451 e. The number of urea groups is 1. The molecule has 9 nitrogen and oxygen atoms in total. The molecule has 5 aliphatic rings. The third-order valence-corrected chi connectivity index (χ3v) is 8.60. The molecular formula is C22H27F3N8O. The molecule has 2 aromatic heterocycles. The van der Waals surface area contributed by atoms with Gasteiger partial charge in [-0.3, -0.25) is 5.10 Å². The molecule has 3 aliphatic carbocycles. The van der Waals surface area contributed by atoms with E-state index in [0.717, 1.165) is 61.4 Å². The molecule has 2 amide bonds. The molecule has 7 rings (SSSR count). The van der Waals surface area contributed by atoms with Gasteiger partial charge in [-0.15, -0.1) is 0 Å². The van der Waals surface area contributed by atoms with Crippen LogP contribution in [0.15, 0.2) is 6.33 Å². The van der Waals surface area contributed by atoms with Gasteiger partial charge in [0.05, 0.1) is 0 Å². The third kappa shape index (κ3) is 3.24. The summed E-state index contributed by atoms with van der Waals surface area (Å²) >= 11 is 0. The highest BCUT2D eigenvalue weighted by Crippen LogP contribution is 2.57. The predicted octanol–water partition coefficient (Wildman–Crippen LogP) is 3.00. The Hall–Kier alpha value is -2.66. The van der Waals surface area contributed by atoms with E-state index >= 15 is 0 Å². The van der Waals surface area contributed by atoms with Crippen molar-refractivity contribution < 1.29 is 18.0 Å². The van der Waals surface area contributed by atoms with Gasteiger partial charge in [0.2, 0.25) is 5.82 Å². The Morgan fingerprint density at radius 1 is 1.03 bits per heavy atom. The van der Waals surface area contributed by atoms with Crippen LogP contribution in [0.25, 0.3) is 0 Å². The summed E-state index contributed by atoms with van der Waals surface area (Å²) in [6.07, 6.45) is 2.65. The number of halogens is 3. The van der Waals surface area contributed by atoms with Crippen LogP contribution in [0.2, 0.25) is 0 Å². The molecule has 1 N–H and O–H groups in total. The molecule has 2 aromatic rings. The van der Waals surface area contributed by atoms with Gasteiger partial charge in [0.25, 0.3) is 0 Å². The molecule has 12 heteroatoms. The largest absolute Gasteiger partial charge is 0.451 e. The summed E-state index contributed by atoms with van der Waals surface area (Å²) in [4.78, 5) is 24.7. The maximum atomic E-state index is 13.0. The molecule has 182 valence electrons. The topological polar surface area (TPSA) is 95.8 Å². The quantitative estimate of drug-likeness (QED) is 0.732. The van der Waals surface area contributed by atoms with Crippen LogP contribution in [0.3, 0.4) is 0 Å². The molecule has 0 bridgehead atoms. The van der Waals surface area contributed by atoms with Crippen LogP contribution >= 0.6 is 0 Å². The van der Waals surface area contributed by atoms with Gasteiger partial charge in [-0.1, -0.05) is 0 Å². The van der Waals surface area contributed by atoms with Crippen LogP contribution in [-0.4, -0.2) is 72.0 Å². The average molecular weight is 477 g/mol. The molecular weight excluding hydrogens is 449 g/mol. The number of carbonyl (C=O) groups excluding carboxylic acids is 1. The number of nitrogens with zero attached hydrogens (tertiary/aromatic N) is 7. The summed E-state index contributed by atoms with van der Waals surface area (Å²) in [5.74, 6) is 2.18. The summed E-state index contributed by atoms with van der Waals surface area (Å²) in [5.41, 5.74) is 0.313. The second-order valence-electron chi connectivity index (χ2n) is 11.5. The van der Waals surface area contributed by atoms with Gasteiger partial charge >= 0.3 is 12.2 Å². The molecule has 0 radical (unpaired) electrons. The van der Waals surface area contributed by atoms with E-state index in [1.165, 1.54) is 12.8 Å². The Labute approximate surface area is 194 Å². The van der Waals surface area contributed by atoms with Gasteiger partial charge < -0.3 is 9.80 Å². The number of carbonyl (C=O) groups is 1. The summed E-state index contributed by atoms with van der Waals surface area (Å²) in [6, 6.07) is 0.104. The monoisotopic (exact) mass is 476 g/mol. The first-order chi connectivity index (χ1) is 16.2. The Kier molecular flexibility index (Phi) is 4.09. The van der Waals surface area contributed by atoms with Crippen molar-refractivity contribution in [2.75, 3.05) is 26.2 Å². The number of alkyl halides is 3. The fourth-order valence-electron chi connectivity index (χ4n) is 6.85. The number of nitrogens with one attached hydrogen (secondary N) is 1. The van der Waals surface area contributed by atoms with E-state index in [4.69, 9.17) is 0 Å². The molecule has 0 unspecified atom stereocenters. The zero-order chi connectivity index (χ0) is 23.3. The van der Waals surface area contributed by atoms with Crippen LogP contribution in [0.5, 0.6) is 0 Å². The molecule has 2 aliphatic heterocycles. The number of aromatic amines is 1. The Balaban J connectivity index is 0.856. The van der Waals surface area contributed by atoms with Gasteiger partial charge in [0.15, 0.2) is 5.82 Å². The third-order valence-electron chi connectivity index (χ3n) is 8.60. The van der Waals surface area contributed by atoms with Crippen LogP contribution in [-0.2, 0) is 12.7 Å². The van der Waals surface area contributed by atoms with Crippen LogP contribution < -0.4 is 0 Å². The minimum absolute atomic E-state index is 0.0777. The second kappa shape index (κ2) is 6.72. The summed E-state index contributed by atoms with van der Waals surface area (Å²) in [6.45, 7) is 3.26. The number of hydrogen-bond donors (Lipinski definition) is 1. The summed E-state index contributed by atoms with van der Waals surface area (Å²) in [5, 5.41) is 11.3. The van der Waals surface area contributed by atoms with Gasteiger partial charge in [-0.25, -0.2) is 19.4 Å². The van der Waals surface area contributed by atoms with Gasteiger partial charge in [-0.05, 0) is 44.4 Å². The van der Waals surface area contributed by atoms with E-state index in [0.29, 0.717) is 24.9 Å². The van der Waals surface area contributed by atoms with Crippen molar-refractivity contribution in [3.05, 3.63) is 23.8 Å². The average Bonchev–Trinajstić information content (AvgIpc) is 3.19. The molecule has 5 fully saturated rings. The first-order valence-corrected chi connectivity index (χ1v) is 12.1. The first-order valence-electron chi connectivity index (χ1n) is 12.1. The minimum Gasteiger partial charge on any atom is -0.323 e. The van der Waals surface area contributed by atoms with Crippen LogP contribution in [0.1, 0.15) is 67.8 Å². The normalized spacial score (nSPS) is 25.7. The smallest absolute Gasteiger partial charge is 0.323 e. The van der Waals surface area contributed by atoms with Crippen molar-refractivity contribution in [2.45, 2.75) is 63.1 Å². The lowest BCUT2D eigenvalue weighted by Crippen LogP contribution is -2.71. The van der Waals surface area contributed by atoms with Crippen LogP contribution in [0, 0.1) is 16.7 Å². The number of hydrogen-bond acceptors (Lipinski definition) is 5. The van der Waals surface area contributed by atoms with Crippen molar-refractivity contribution in [1.82, 2.24) is 39.7 Å². The van der Waals surface area contributed by atoms with Gasteiger partial charge in [-0.2, -0.15) is 23.4 Å². The molecule has 2 saturated heterocycles. The Morgan fingerprint density at radius 3 is 2.29 bits per heavy atom. The Morgan fingerprint density at radius 2 is 1.68 bits per heavy atom. The Bertz CT molecular complexity index is 1110. The minimum atomic E-state index is -4.49. The van der Waals surface area contributed by atoms with E-state index < -0.39 is 12.0 Å². The lowest BCUT2D eigenvalue weighted by atomic mass is 9.57. The predicted molar refractivity (Wildman–Crippen MR) is 111 cm³/mol. The maximum absolute atomic E-state index is 13.0. The molecule has 0 atom stereocenters. The lowest BCUT2D eigenvalue weighted by molar-refractivity contribution is -0.149. The highest BCUT2D eigenvalue weighted by atomic mass is 19.4. The number of amides is 2. The fourth-order valence-corrected chi connectivity index (χ4v) is 6.85. The number of aromatic nitrogens is 6. The highest BCUT2D eigenvalue weighted by molar-refractivity contribution is 5.77. The molecule has 4 heterocycles. The second-order valence-corrected chi connectivity index (χ2v) is 11.5. The van der Waals surface area contributed by atoms with E-state index in [9.17, 15) is 18.0 Å².